The third-order valence-corrected chi connectivity index (χ3v) is 6.77. The molecular weight excluding hydrogens is 370 g/mol. The highest BCUT2D eigenvalue weighted by Crippen LogP contribution is 2.32. The minimum Gasteiger partial charge on any atom is -0.465 e. The maximum atomic E-state index is 12.3. The molecule has 1 aromatic carbocycles. The Morgan fingerprint density at radius 1 is 1.07 bits per heavy atom. The zero-order valence-corrected chi connectivity index (χ0v) is 17.1. The number of carboxylic acid groups (broad SMARTS) is 1. The maximum absolute atomic E-state index is 12.3. The highest BCUT2D eigenvalue weighted by molar-refractivity contribution is 5.73. The fourth-order valence-electron chi connectivity index (χ4n) is 5.34. The van der Waals surface area contributed by atoms with E-state index in [2.05, 4.69) is 17.0 Å². The van der Waals surface area contributed by atoms with E-state index in [1.165, 1.54) is 5.56 Å². The van der Waals surface area contributed by atoms with Gasteiger partial charge in [-0.3, -0.25) is 9.69 Å². The van der Waals surface area contributed by atoms with Crippen LogP contribution in [0, 0.1) is 0 Å². The molecule has 0 aliphatic carbocycles. The molecule has 3 saturated heterocycles. The molecule has 1 aromatic rings. The molecule has 0 radical (unpaired) electrons. The molecule has 2 amide bonds. The van der Waals surface area contributed by atoms with Gasteiger partial charge < -0.3 is 19.6 Å². The van der Waals surface area contributed by atoms with E-state index < -0.39 is 6.09 Å². The number of nitrogens with zero attached hydrogens (tertiary/aromatic N) is 3. The standard InChI is InChI=1S/C22H31N3O4/c1-16(26)24(13-17-5-3-2-4-6-17)18-7-9-23(10-8-18)19-11-20-14-29-15-21(12-19)25(20)22(27)28/h2-6,18-21H,7-15H2,1H3,(H,27,28). The zero-order valence-electron chi connectivity index (χ0n) is 17.1. The topological polar surface area (TPSA) is 73.3 Å². The summed E-state index contributed by atoms with van der Waals surface area (Å²) in [6.07, 6.45) is 2.80. The quantitative estimate of drug-likeness (QED) is 0.839. The van der Waals surface area contributed by atoms with Gasteiger partial charge in [0.05, 0.1) is 25.3 Å². The minimum absolute atomic E-state index is 0.0328. The van der Waals surface area contributed by atoms with Gasteiger partial charge in [-0.15, -0.1) is 0 Å². The Labute approximate surface area is 172 Å². The first kappa shape index (κ1) is 20.2. The number of hydrogen-bond donors (Lipinski definition) is 1. The Balaban J connectivity index is 1.35. The fraction of sp³-hybridized carbons (Fsp3) is 0.636. The van der Waals surface area contributed by atoms with E-state index in [1.54, 1.807) is 11.8 Å². The first-order chi connectivity index (χ1) is 14.0. The number of hydrogen-bond acceptors (Lipinski definition) is 4. The van der Waals surface area contributed by atoms with E-state index in [-0.39, 0.29) is 24.0 Å². The van der Waals surface area contributed by atoms with Gasteiger partial charge in [-0.2, -0.15) is 0 Å². The second-order valence-corrected chi connectivity index (χ2v) is 8.56. The highest BCUT2D eigenvalue weighted by atomic mass is 16.5. The summed E-state index contributed by atoms with van der Waals surface area (Å²) in [4.78, 5) is 30.0. The molecule has 3 heterocycles. The normalized spacial score (nSPS) is 28.2. The van der Waals surface area contributed by atoms with Crippen LogP contribution in [0.4, 0.5) is 4.79 Å². The van der Waals surface area contributed by atoms with Gasteiger partial charge in [0, 0.05) is 38.6 Å². The molecule has 2 bridgehead atoms. The SMILES string of the molecule is CC(=O)N(Cc1ccccc1)C1CCN(C2CC3COCC(C2)N3C(=O)O)CC1. The highest BCUT2D eigenvalue weighted by Gasteiger charge is 2.44. The van der Waals surface area contributed by atoms with Crippen molar-refractivity contribution in [2.24, 2.45) is 0 Å². The van der Waals surface area contributed by atoms with Crippen LogP contribution >= 0.6 is 0 Å². The average molecular weight is 402 g/mol. The number of piperidine rings is 2. The zero-order chi connectivity index (χ0) is 20.4. The summed E-state index contributed by atoms with van der Waals surface area (Å²) in [5.41, 5.74) is 1.17. The number of ether oxygens (including phenoxy) is 1. The molecule has 0 aromatic heterocycles. The molecule has 2 atom stereocenters. The summed E-state index contributed by atoms with van der Waals surface area (Å²) in [6.45, 7) is 5.26. The van der Waals surface area contributed by atoms with Crippen LogP contribution in [0.1, 0.15) is 38.2 Å². The molecule has 1 N–H and O–H groups in total. The molecule has 3 aliphatic rings. The Kier molecular flexibility index (Phi) is 6.06. The van der Waals surface area contributed by atoms with E-state index in [0.717, 1.165) is 38.8 Å². The smallest absolute Gasteiger partial charge is 0.407 e. The van der Waals surface area contributed by atoms with Crippen molar-refractivity contribution < 1.29 is 19.4 Å². The number of likely N-dealkylation sites (tertiary alicyclic amines) is 1. The minimum atomic E-state index is -0.821. The lowest BCUT2D eigenvalue weighted by atomic mass is 9.88. The van der Waals surface area contributed by atoms with Gasteiger partial charge in [0.15, 0.2) is 0 Å². The van der Waals surface area contributed by atoms with Gasteiger partial charge in [-0.25, -0.2) is 4.79 Å². The van der Waals surface area contributed by atoms with E-state index in [9.17, 15) is 14.7 Å². The van der Waals surface area contributed by atoms with Crippen LogP contribution < -0.4 is 0 Å². The van der Waals surface area contributed by atoms with Crippen molar-refractivity contribution in [1.29, 1.82) is 0 Å². The second kappa shape index (κ2) is 8.71. The summed E-state index contributed by atoms with van der Waals surface area (Å²) in [7, 11) is 0. The number of morpholine rings is 1. The van der Waals surface area contributed by atoms with Gasteiger partial charge in [0.2, 0.25) is 5.91 Å². The molecule has 7 nitrogen and oxygen atoms in total. The molecule has 3 aliphatic heterocycles. The molecule has 4 rings (SSSR count). The van der Waals surface area contributed by atoms with Crippen molar-refractivity contribution in [2.45, 2.75) is 63.3 Å². The largest absolute Gasteiger partial charge is 0.465 e. The molecule has 7 heteroatoms. The third-order valence-electron chi connectivity index (χ3n) is 6.77. The Morgan fingerprint density at radius 3 is 2.24 bits per heavy atom. The lowest BCUT2D eigenvalue weighted by Crippen LogP contribution is -2.63. The number of carbonyl (C=O) groups excluding carboxylic acids is 1. The Bertz CT molecular complexity index is 706. The van der Waals surface area contributed by atoms with E-state index >= 15 is 0 Å². The number of amides is 2. The van der Waals surface area contributed by atoms with Gasteiger partial charge in [0.25, 0.3) is 0 Å². The van der Waals surface area contributed by atoms with Crippen molar-refractivity contribution in [1.82, 2.24) is 14.7 Å². The van der Waals surface area contributed by atoms with E-state index in [1.807, 2.05) is 23.1 Å². The molecule has 0 saturated carbocycles. The predicted octanol–water partition coefficient (Wildman–Crippen LogP) is 2.41. The lowest BCUT2D eigenvalue weighted by Gasteiger charge is -2.51. The Morgan fingerprint density at radius 2 is 1.69 bits per heavy atom. The number of fused-ring (bicyclic) bond motifs is 2. The van der Waals surface area contributed by atoms with Crippen LogP contribution in [0.5, 0.6) is 0 Å². The van der Waals surface area contributed by atoms with Crippen LogP contribution in [-0.4, -0.2) is 82.3 Å². The molecular formula is C22H31N3O4. The van der Waals surface area contributed by atoms with Gasteiger partial charge in [-0.05, 0) is 31.2 Å². The summed E-state index contributed by atoms with van der Waals surface area (Å²) in [6, 6.07) is 10.8. The average Bonchev–Trinajstić information content (AvgIpc) is 2.71. The Hall–Kier alpha value is -2.12. The van der Waals surface area contributed by atoms with Crippen LogP contribution in [0.15, 0.2) is 30.3 Å². The third kappa shape index (κ3) is 4.41. The molecule has 158 valence electrons. The monoisotopic (exact) mass is 401 g/mol. The number of benzene rings is 1. The van der Waals surface area contributed by atoms with Crippen molar-refractivity contribution in [3.8, 4) is 0 Å². The van der Waals surface area contributed by atoms with Crippen molar-refractivity contribution >= 4 is 12.0 Å². The summed E-state index contributed by atoms with van der Waals surface area (Å²) in [5.74, 6) is 0.133. The summed E-state index contributed by atoms with van der Waals surface area (Å²) < 4.78 is 5.62. The predicted molar refractivity (Wildman–Crippen MR) is 109 cm³/mol. The molecule has 3 fully saturated rings. The van der Waals surface area contributed by atoms with Crippen LogP contribution in [0.2, 0.25) is 0 Å². The number of rotatable bonds is 4. The first-order valence-corrected chi connectivity index (χ1v) is 10.7. The number of carbonyl (C=O) groups is 2. The van der Waals surface area contributed by atoms with Crippen molar-refractivity contribution in [3.63, 3.8) is 0 Å². The van der Waals surface area contributed by atoms with Crippen molar-refractivity contribution in [3.05, 3.63) is 35.9 Å². The lowest BCUT2D eigenvalue weighted by molar-refractivity contribution is -0.133. The van der Waals surface area contributed by atoms with Gasteiger partial charge in [-0.1, -0.05) is 30.3 Å². The molecule has 29 heavy (non-hydrogen) atoms. The first-order valence-electron chi connectivity index (χ1n) is 10.7. The summed E-state index contributed by atoms with van der Waals surface area (Å²) >= 11 is 0. The molecule has 2 unspecified atom stereocenters. The maximum Gasteiger partial charge on any atom is 0.407 e. The molecule has 0 spiro atoms. The van der Waals surface area contributed by atoms with Crippen molar-refractivity contribution in [2.75, 3.05) is 26.3 Å². The van der Waals surface area contributed by atoms with Crippen LogP contribution in [0.25, 0.3) is 0 Å². The van der Waals surface area contributed by atoms with Crippen LogP contribution in [-0.2, 0) is 16.1 Å². The van der Waals surface area contributed by atoms with Gasteiger partial charge in [0.1, 0.15) is 0 Å². The van der Waals surface area contributed by atoms with E-state index in [4.69, 9.17) is 4.74 Å². The van der Waals surface area contributed by atoms with E-state index in [0.29, 0.717) is 25.8 Å². The van der Waals surface area contributed by atoms with Gasteiger partial charge >= 0.3 is 6.09 Å². The fourth-order valence-corrected chi connectivity index (χ4v) is 5.34. The van der Waals surface area contributed by atoms with Crippen LogP contribution in [0.3, 0.4) is 0 Å². The summed E-state index contributed by atoms with van der Waals surface area (Å²) in [5, 5.41) is 9.53. The second-order valence-electron chi connectivity index (χ2n) is 8.56.